The molecule has 0 bridgehead atoms. The fraction of sp³-hybridized carbons (Fsp3) is 0.350. The first kappa shape index (κ1) is 17.0. The van der Waals surface area contributed by atoms with E-state index in [9.17, 15) is 0 Å². The Morgan fingerprint density at radius 3 is 2.46 bits per heavy atom. The summed E-state index contributed by atoms with van der Waals surface area (Å²) < 4.78 is 0. The summed E-state index contributed by atoms with van der Waals surface area (Å²) in [5, 5.41) is 7.53. The molecule has 0 spiro atoms. The van der Waals surface area contributed by atoms with Crippen molar-refractivity contribution in [2.24, 2.45) is 5.10 Å². The van der Waals surface area contributed by atoms with Crippen LogP contribution in [0.15, 0.2) is 47.6 Å². The third-order valence-corrected chi connectivity index (χ3v) is 4.88. The molecule has 3 rings (SSSR count). The van der Waals surface area contributed by atoms with Crippen LogP contribution in [0.1, 0.15) is 22.3 Å². The average molecular weight is 343 g/mol. The number of hydrogen-bond donors (Lipinski definition) is 1. The molecule has 1 aliphatic heterocycles. The first-order valence-corrected chi connectivity index (χ1v) is 8.92. The summed E-state index contributed by atoms with van der Waals surface area (Å²) in [5.74, 6) is 0. The van der Waals surface area contributed by atoms with E-state index < -0.39 is 0 Å². The van der Waals surface area contributed by atoms with Crippen molar-refractivity contribution < 1.29 is 4.90 Å². The van der Waals surface area contributed by atoms with Crippen LogP contribution in [0.3, 0.4) is 0 Å². The predicted molar refractivity (Wildman–Crippen MR) is 101 cm³/mol. The summed E-state index contributed by atoms with van der Waals surface area (Å²) in [6, 6.07) is 14.6. The van der Waals surface area contributed by atoms with E-state index in [4.69, 9.17) is 11.6 Å². The molecule has 1 heterocycles. The average Bonchev–Trinajstić information content (AvgIpc) is 2.58. The highest BCUT2D eigenvalue weighted by atomic mass is 35.5. The monoisotopic (exact) mass is 342 g/mol. The lowest BCUT2D eigenvalue weighted by atomic mass is 10.1. The van der Waals surface area contributed by atoms with Crippen molar-refractivity contribution in [3.8, 4) is 0 Å². The van der Waals surface area contributed by atoms with E-state index >= 15 is 0 Å². The Balaban J connectivity index is 1.51. The highest BCUT2D eigenvalue weighted by Crippen LogP contribution is 2.10. The number of halogens is 1. The maximum atomic E-state index is 5.91. The van der Waals surface area contributed by atoms with Crippen LogP contribution >= 0.6 is 11.6 Å². The molecule has 0 saturated carbocycles. The SMILES string of the molecule is Cc1ccc(C[NH+]2CCN(/N=C\c3ccc(Cl)cc3)CC2)c(C)c1. The molecule has 2 aromatic carbocycles. The molecule has 0 unspecified atom stereocenters. The Hall–Kier alpha value is -1.84. The molecular weight excluding hydrogens is 318 g/mol. The van der Waals surface area contributed by atoms with Crippen LogP contribution in [0, 0.1) is 13.8 Å². The van der Waals surface area contributed by atoms with Crippen LogP contribution < -0.4 is 4.90 Å². The lowest BCUT2D eigenvalue weighted by Crippen LogP contribution is -3.13. The molecule has 3 nitrogen and oxygen atoms in total. The topological polar surface area (TPSA) is 20.0 Å². The van der Waals surface area contributed by atoms with E-state index in [2.05, 4.69) is 42.2 Å². The first-order valence-electron chi connectivity index (χ1n) is 8.54. The number of rotatable bonds is 4. The fourth-order valence-electron chi connectivity index (χ4n) is 3.11. The van der Waals surface area contributed by atoms with Gasteiger partial charge < -0.3 is 4.90 Å². The van der Waals surface area contributed by atoms with Crippen LogP contribution in [0.5, 0.6) is 0 Å². The van der Waals surface area contributed by atoms with Gasteiger partial charge in [-0.05, 0) is 37.1 Å². The van der Waals surface area contributed by atoms with Crippen molar-refractivity contribution in [3.63, 3.8) is 0 Å². The molecule has 1 N–H and O–H groups in total. The quantitative estimate of drug-likeness (QED) is 0.847. The van der Waals surface area contributed by atoms with Gasteiger partial charge in [0.2, 0.25) is 0 Å². The van der Waals surface area contributed by atoms with Gasteiger partial charge in [-0.15, -0.1) is 0 Å². The molecule has 4 heteroatoms. The highest BCUT2D eigenvalue weighted by Gasteiger charge is 2.19. The van der Waals surface area contributed by atoms with Gasteiger partial charge in [0.1, 0.15) is 6.54 Å². The summed E-state index contributed by atoms with van der Waals surface area (Å²) in [4.78, 5) is 1.64. The van der Waals surface area contributed by atoms with Gasteiger partial charge in [0, 0.05) is 10.6 Å². The van der Waals surface area contributed by atoms with E-state index in [1.807, 2.05) is 30.5 Å². The molecule has 0 amide bonds. The molecule has 126 valence electrons. The predicted octanol–water partition coefficient (Wildman–Crippen LogP) is 2.69. The Labute approximate surface area is 149 Å². The first-order chi connectivity index (χ1) is 11.6. The maximum Gasteiger partial charge on any atom is 0.103 e. The van der Waals surface area contributed by atoms with Gasteiger partial charge in [0.05, 0.1) is 32.4 Å². The van der Waals surface area contributed by atoms with Crippen LogP contribution in [0.2, 0.25) is 5.02 Å². The molecule has 1 saturated heterocycles. The Kier molecular flexibility index (Phi) is 5.54. The van der Waals surface area contributed by atoms with E-state index in [-0.39, 0.29) is 0 Å². The molecule has 1 fully saturated rings. The fourth-order valence-corrected chi connectivity index (χ4v) is 3.24. The minimum Gasteiger partial charge on any atom is -0.328 e. The zero-order valence-corrected chi connectivity index (χ0v) is 15.2. The molecule has 0 atom stereocenters. The van der Waals surface area contributed by atoms with E-state index in [1.54, 1.807) is 4.90 Å². The van der Waals surface area contributed by atoms with Crippen molar-refractivity contribution in [3.05, 3.63) is 69.7 Å². The Bertz CT molecular complexity index is 701. The molecule has 1 aliphatic rings. The molecule has 2 aromatic rings. The lowest BCUT2D eigenvalue weighted by Gasteiger charge is -2.30. The Morgan fingerprint density at radius 2 is 1.79 bits per heavy atom. The number of hydrazone groups is 1. The number of hydrogen-bond acceptors (Lipinski definition) is 2. The van der Waals surface area contributed by atoms with E-state index in [0.29, 0.717) is 0 Å². The number of piperazine rings is 1. The lowest BCUT2D eigenvalue weighted by molar-refractivity contribution is -0.918. The van der Waals surface area contributed by atoms with Crippen molar-refractivity contribution in [1.82, 2.24) is 5.01 Å². The smallest absolute Gasteiger partial charge is 0.103 e. The number of benzene rings is 2. The van der Waals surface area contributed by atoms with Gasteiger partial charge in [0.25, 0.3) is 0 Å². The van der Waals surface area contributed by atoms with E-state index in [1.165, 1.54) is 16.7 Å². The normalized spacial score (nSPS) is 16.0. The summed E-state index contributed by atoms with van der Waals surface area (Å²) >= 11 is 5.91. The van der Waals surface area contributed by atoms with Crippen molar-refractivity contribution >= 4 is 17.8 Å². The summed E-state index contributed by atoms with van der Waals surface area (Å²) in [6.45, 7) is 9.75. The van der Waals surface area contributed by atoms with E-state index in [0.717, 1.165) is 43.3 Å². The second kappa shape index (κ2) is 7.82. The van der Waals surface area contributed by atoms with Gasteiger partial charge in [-0.2, -0.15) is 5.10 Å². The standard InChI is InChI=1S/C20H24ClN3/c1-16-3-6-19(17(2)13-16)15-23-9-11-24(12-10-23)22-14-18-4-7-20(21)8-5-18/h3-8,13-14H,9-12,15H2,1-2H3/p+1/b22-14-. The zero-order valence-electron chi connectivity index (χ0n) is 14.4. The minimum atomic E-state index is 0.760. The van der Waals surface area contributed by atoms with Crippen molar-refractivity contribution in [2.45, 2.75) is 20.4 Å². The van der Waals surface area contributed by atoms with Gasteiger partial charge in [-0.25, -0.2) is 0 Å². The van der Waals surface area contributed by atoms with Gasteiger partial charge in [0.15, 0.2) is 0 Å². The maximum absolute atomic E-state index is 5.91. The minimum absolute atomic E-state index is 0.760. The Morgan fingerprint density at radius 1 is 1.08 bits per heavy atom. The van der Waals surface area contributed by atoms with Crippen LogP contribution in [0.25, 0.3) is 0 Å². The van der Waals surface area contributed by atoms with Gasteiger partial charge >= 0.3 is 0 Å². The number of nitrogens with one attached hydrogen (secondary N) is 1. The molecule has 0 radical (unpaired) electrons. The number of aryl methyl sites for hydroxylation is 2. The number of nitrogens with zero attached hydrogens (tertiary/aromatic N) is 2. The van der Waals surface area contributed by atoms with Crippen LogP contribution in [0.4, 0.5) is 0 Å². The third kappa shape index (κ3) is 4.59. The summed E-state index contributed by atoms with van der Waals surface area (Å²) in [6.07, 6.45) is 1.92. The summed E-state index contributed by atoms with van der Waals surface area (Å²) in [7, 11) is 0. The highest BCUT2D eigenvalue weighted by molar-refractivity contribution is 6.30. The van der Waals surface area contributed by atoms with Crippen LogP contribution in [-0.4, -0.2) is 37.4 Å². The zero-order chi connectivity index (χ0) is 16.9. The van der Waals surface area contributed by atoms with Crippen LogP contribution in [-0.2, 0) is 6.54 Å². The van der Waals surface area contributed by atoms with Crippen molar-refractivity contribution in [2.75, 3.05) is 26.2 Å². The molecule has 0 aromatic heterocycles. The second-order valence-electron chi connectivity index (χ2n) is 6.61. The summed E-state index contributed by atoms with van der Waals surface area (Å²) in [5.41, 5.74) is 5.30. The van der Waals surface area contributed by atoms with Gasteiger partial charge in [-0.3, -0.25) is 5.01 Å². The van der Waals surface area contributed by atoms with Gasteiger partial charge in [-0.1, -0.05) is 47.5 Å². The largest absolute Gasteiger partial charge is 0.328 e. The molecule has 24 heavy (non-hydrogen) atoms. The van der Waals surface area contributed by atoms with Crippen molar-refractivity contribution in [1.29, 1.82) is 0 Å². The number of quaternary nitrogens is 1. The molecule has 0 aliphatic carbocycles. The molecular formula is C20H25ClN3+. The second-order valence-corrected chi connectivity index (χ2v) is 7.04. The third-order valence-electron chi connectivity index (χ3n) is 4.63.